The highest BCUT2D eigenvalue weighted by molar-refractivity contribution is 5.96. The molecule has 2 amide bonds. The van der Waals surface area contributed by atoms with Gasteiger partial charge in [-0.2, -0.15) is 0 Å². The summed E-state index contributed by atoms with van der Waals surface area (Å²) in [6.45, 7) is 0.237. The van der Waals surface area contributed by atoms with Gasteiger partial charge in [0.25, 0.3) is 0 Å². The van der Waals surface area contributed by atoms with Crippen molar-refractivity contribution in [3.8, 4) is 5.75 Å². The van der Waals surface area contributed by atoms with Crippen molar-refractivity contribution in [2.45, 2.75) is 37.0 Å². The summed E-state index contributed by atoms with van der Waals surface area (Å²) in [7, 11) is 1.50. The molecule has 0 spiro atoms. The molecule has 0 unspecified atom stereocenters. The van der Waals surface area contributed by atoms with Gasteiger partial charge in [-0.25, -0.2) is 4.39 Å². The first kappa shape index (κ1) is 25.8. The number of benzene rings is 2. The summed E-state index contributed by atoms with van der Waals surface area (Å²) in [6, 6.07) is 12.6. The van der Waals surface area contributed by atoms with Crippen LogP contribution in [0.3, 0.4) is 0 Å². The highest BCUT2D eigenvalue weighted by Crippen LogP contribution is 2.47. The summed E-state index contributed by atoms with van der Waals surface area (Å²) in [5.74, 6) is -0.983. The minimum absolute atomic E-state index is 0.0688. The lowest BCUT2D eigenvalue weighted by Crippen LogP contribution is -2.56. The molecule has 2 aromatic carbocycles. The van der Waals surface area contributed by atoms with Crippen molar-refractivity contribution in [1.82, 2.24) is 10.2 Å². The zero-order valence-electron chi connectivity index (χ0n) is 20.1. The van der Waals surface area contributed by atoms with Gasteiger partial charge in [0.1, 0.15) is 23.8 Å². The normalized spacial score (nSPS) is 22.2. The van der Waals surface area contributed by atoms with Crippen LogP contribution in [0.5, 0.6) is 5.75 Å². The zero-order chi connectivity index (χ0) is 25.7. The molecule has 192 valence electrons. The highest BCUT2D eigenvalue weighted by Gasteiger charge is 2.50. The molecule has 0 saturated heterocycles. The number of hydrogen-bond acceptors (Lipinski definition) is 6. The number of hydrogen-bond donors (Lipinski definition) is 3. The third-order valence-corrected chi connectivity index (χ3v) is 6.61. The average Bonchev–Trinajstić information content (AvgIpc) is 3.27. The predicted octanol–water partition coefficient (Wildman–Crippen LogP) is 1.56. The van der Waals surface area contributed by atoms with Crippen LogP contribution in [0, 0.1) is 5.82 Å². The number of methoxy groups -OCH3 is 1. The number of fused-ring (bicyclic) bond motifs is 3. The second kappa shape index (κ2) is 11.6. The first-order valence-electron chi connectivity index (χ1n) is 12.0. The summed E-state index contributed by atoms with van der Waals surface area (Å²) in [5, 5.41) is 23.3. The number of aliphatic hydroxyl groups excluding tert-OH is 2. The Morgan fingerprint density at radius 1 is 1.19 bits per heavy atom. The predicted molar refractivity (Wildman–Crippen MR) is 130 cm³/mol. The van der Waals surface area contributed by atoms with Crippen LogP contribution in [0.4, 0.5) is 4.39 Å². The maximum absolute atomic E-state index is 13.7. The van der Waals surface area contributed by atoms with Crippen LogP contribution in [-0.4, -0.2) is 78.6 Å². The molecule has 0 saturated carbocycles. The molecule has 2 aromatic rings. The van der Waals surface area contributed by atoms with Gasteiger partial charge in [-0.3, -0.25) is 9.59 Å². The van der Waals surface area contributed by atoms with E-state index in [1.165, 1.54) is 24.1 Å². The van der Waals surface area contributed by atoms with Crippen molar-refractivity contribution in [1.29, 1.82) is 0 Å². The standard InChI is InChI=1S/C27H31FN2O6/c1-35-14-10-23(32)30(12-9-17-5-4-6-18(28)15-17)21-16-20(27(34)29-11-13-31)24-19-7-2-3-8-22(19)36-26(24)25(21)33/h2-8,15-16,21,24-26,31,33H,9-14H2,1H3,(H,29,34)/t21-,24+,25+,26+/m1/s1. The Balaban J connectivity index is 1.69. The number of nitrogens with one attached hydrogen (secondary N) is 1. The minimum Gasteiger partial charge on any atom is -0.486 e. The molecule has 1 aliphatic carbocycles. The number of rotatable bonds is 10. The van der Waals surface area contributed by atoms with Crippen LogP contribution in [-0.2, 0) is 20.7 Å². The maximum Gasteiger partial charge on any atom is 0.247 e. The number of nitrogens with zero attached hydrogens (tertiary/aromatic N) is 1. The Morgan fingerprint density at radius 2 is 2.00 bits per heavy atom. The number of carbonyl (C=O) groups is 2. The van der Waals surface area contributed by atoms with Crippen LogP contribution in [0.2, 0.25) is 0 Å². The first-order chi connectivity index (χ1) is 17.4. The third kappa shape index (κ3) is 5.43. The van der Waals surface area contributed by atoms with Crippen molar-refractivity contribution in [2.75, 3.05) is 33.4 Å². The van der Waals surface area contributed by atoms with E-state index in [4.69, 9.17) is 9.47 Å². The SMILES string of the molecule is COCCC(=O)N(CCc1cccc(F)c1)[C@@H]1C=C(C(=O)NCCO)[C@@H]2c3ccccc3O[C@@H]2[C@H]1O. The average molecular weight is 499 g/mol. The smallest absolute Gasteiger partial charge is 0.247 e. The van der Waals surface area contributed by atoms with E-state index in [0.717, 1.165) is 5.56 Å². The molecule has 4 atom stereocenters. The van der Waals surface area contributed by atoms with Crippen molar-refractivity contribution in [3.05, 3.63) is 77.1 Å². The van der Waals surface area contributed by atoms with E-state index in [9.17, 15) is 24.2 Å². The Kier molecular flexibility index (Phi) is 8.35. The van der Waals surface area contributed by atoms with Crippen LogP contribution in [0.15, 0.2) is 60.2 Å². The molecular weight excluding hydrogens is 467 g/mol. The lowest BCUT2D eigenvalue weighted by atomic mass is 9.77. The van der Waals surface area contributed by atoms with E-state index < -0.39 is 30.1 Å². The Bertz CT molecular complexity index is 1120. The lowest BCUT2D eigenvalue weighted by Gasteiger charge is -2.40. The van der Waals surface area contributed by atoms with E-state index in [-0.39, 0.29) is 44.4 Å². The second-order valence-electron chi connectivity index (χ2n) is 8.89. The molecule has 8 nitrogen and oxygen atoms in total. The quantitative estimate of drug-likeness (QED) is 0.459. The Morgan fingerprint density at radius 3 is 2.75 bits per heavy atom. The maximum atomic E-state index is 13.7. The fraction of sp³-hybridized carbons (Fsp3) is 0.407. The number of para-hydroxylation sites is 1. The van der Waals surface area contributed by atoms with Gasteiger partial charge >= 0.3 is 0 Å². The Hall–Kier alpha value is -3.27. The summed E-state index contributed by atoms with van der Waals surface area (Å²) in [4.78, 5) is 27.9. The fourth-order valence-corrected chi connectivity index (χ4v) is 4.91. The molecule has 0 bridgehead atoms. The number of halogens is 1. The van der Waals surface area contributed by atoms with Crippen LogP contribution >= 0.6 is 0 Å². The van der Waals surface area contributed by atoms with Gasteiger partial charge in [0, 0.05) is 31.3 Å². The van der Waals surface area contributed by atoms with Crippen molar-refractivity contribution < 1.29 is 33.7 Å². The van der Waals surface area contributed by atoms with Gasteiger partial charge in [-0.15, -0.1) is 0 Å². The number of carbonyl (C=O) groups excluding carboxylic acids is 2. The first-order valence-corrected chi connectivity index (χ1v) is 12.0. The number of amides is 2. The van der Waals surface area contributed by atoms with Gasteiger partial charge in [-0.05, 0) is 36.3 Å². The van der Waals surface area contributed by atoms with E-state index in [2.05, 4.69) is 5.32 Å². The van der Waals surface area contributed by atoms with E-state index >= 15 is 0 Å². The molecule has 4 rings (SSSR count). The van der Waals surface area contributed by atoms with Gasteiger partial charge in [0.05, 0.1) is 31.6 Å². The van der Waals surface area contributed by atoms with E-state index in [1.54, 1.807) is 24.3 Å². The summed E-state index contributed by atoms with van der Waals surface area (Å²) in [5.41, 5.74) is 1.85. The fourth-order valence-electron chi connectivity index (χ4n) is 4.91. The molecule has 0 aromatic heterocycles. The van der Waals surface area contributed by atoms with Crippen LogP contribution in [0.25, 0.3) is 0 Å². The van der Waals surface area contributed by atoms with Gasteiger partial charge in [0.15, 0.2) is 0 Å². The van der Waals surface area contributed by atoms with Gasteiger partial charge in [-0.1, -0.05) is 30.3 Å². The zero-order valence-corrected chi connectivity index (χ0v) is 20.1. The molecule has 0 radical (unpaired) electrons. The number of ether oxygens (including phenoxy) is 2. The van der Waals surface area contributed by atoms with Crippen LogP contribution < -0.4 is 10.1 Å². The largest absolute Gasteiger partial charge is 0.486 e. The molecular formula is C27H31FN2O6. The molecule has 9 heteroatoms. The van der Waals surface area contributed by atoms with Crippen LogP contribution in [0.1, 0.15) is 23.5 Å². The van der Waals surface area contributed by atoms with Crippen molar-refractivity contribution in [3.63, 3.8) is 0 Å². The monoisotopic (exact) mass is 498 g/mol. The summed E-state index contributed by atoms with van der Waals surface area (Å²) in [6.07, 6.45) is 0.169. The van der Waals surface area contributed by atoms with E-state index in [1.807, 2.05) is 18.2 Å². The molecule has 2 aliphatic rings. The van der Waals surface area contributed by atoms with Crippen molar-refractivity contribution in [2.24, 2.45) is 0 Å². The topological polar surface area (TPSA) is 108 Å². The Labute approximate surface area is 209 Å². The molecule has 1 heterocycles. The number of aliphatic hydroxyl groups is 2. The van der Waals surface area contributed by atoms with Crippen molar-refractivity contribution >= 4 is 11.8 Å². The summed E-state index contributed by atoms with van der Waals surface area (Å²) >= 11 is 0. The minimum atomic E-state index is -1.12. The highest BCUT2D eigenvalue weighted by atomic mass is 19.1. The van der Waals surface area contributed by atoms with E-state index in [0.29, 0.717) is 23.3 Å². The lowest BCUT2D eigenvalue weighted by molar-refractivity contribution is -0.138. The molecule has 3 N–H and O–H groups in total. The van der Waals surface area contributed by atoms with Gasteiger partial charge < -0.3 is 29.9 Å². The second-order valence-corrected chi connectivity index (χ2v) is 8.89. The molecule has 36 heavy (non-hydrogen) atoms. The summed E-state index contributed by atoms with van der Waals surface area (Å²) < 4.78 is 24.9. The molecule has 0 fully saturated rings. The van der Waals surface area contributed by atoms with Gasteiger partial charge in [0.2, 0.25) is 11.8 Å². The third-order valence-electron chi connectivity index (χ3n) is 6.61. The molecule has 1 aliphatic heterocycles.